The van der Waals surface area contributed by atoms with Crippen molar-refractivity contribution in [2.75, 3.05) is 38.2 Å². The molecule has 0 aromatic carbocycles. The third-order valence-electron chi connectivity index (χ3n) is 4.10. The molecule has 1 aromatic rings. The highest BCUT2D eigenvalue weighted by atomic mass is 16.5. The first-order valence-electron chi connectivity index (χ1n) is 7.81. The number of nitrogens with zero attached hydrogens (tertiary/aromatic N) is 3. The summed E-state index contributed by atoms with van der Waals surface area (Å²) in [5.41, 5.74) is 5.39. The Morgan fingerprint density at radius 3 is 2.68 bits per heavy atom. The molecule has 1 aliphatic rings. The molecule has 6 nitrogen and oxygen atoms in total. The van der Waals surface area contributed by atoms with E-state index < -0.39 is 5.54 Å². The molecule has 0 radical (unpaired) electrons. The van der Waals surface area contributed by atoms with Crippen LogP contribution in [0.5, 0.6) is 5.75 Å². The van der Waals surface area contributed by atoms with Crippen molar-refractivity contribution in [2.24, 2.45) is 5.73 Å². The average molecular weight is 306 g/mol. The number of anilines is 1. The van der Waals surface area contributed by atoms with Crippen LogP contribution in [0.1, 0.15) is 26.7 Å². The predicted molar refractivity (Wildman–Crippen MR) is 87.1 cm³/mol. The maximum atomic E-state index is 12.5. The number of carbonyl (C=O) groups is 1. The Labute approximate surface area is 132 Å². The topological polar surface area (TPSA) is 71.7 Å². The van der Waals surface area contributed by atoms with Crippen LogP contribution in [-0.2, 0) is 4.79 Å². The fourth-order valence-electron chi connectivity index (χ4n) is 2.83. The van der Waals surface area contributed by atoms with Crippen molar-refractivity contribution in [1.82, 2.24) is 9.88 Å². The molecule has 2 N–H and O–H groups in total. The molecule has 6 heteroatoms. The van der Waals surface area contributed by atoms with Gasteiger partial charge in [0.15, 0.2) is 0 Å². The van der Waals surface area contributed by atoms with Crippen LogP contribution in [0.15, 0.2) is 18.3 Å². The summed E-state index contributed by atoms with van der Waals surface area (Å²) in [6, 6.07) is 3.75. The molecule has 0 saturated carbocycles. The second-order valence-corrected chi connectivity index (χ2v) is 6.00. The number of pyridine rings is 1. The zero-order valence-electron chi connectivity index (χ0n) is 13.7. The molecular weight excluding hydrogens is 280 g/mol. The number of aromatic nitrogens is 1. The van der Waals surface area contributed by atoms with E-state index in [9.17, 15) is 4.79 Å². The van der Waals surface area contributed by atoms with E-state index in [2.05, 4.69) is 9.88 Å². The van der Waals surface area contributed by atoms with Crippen LogP contribution in [0.4, 0.5) is 5.82 Å². The summed E-state index contributed by atoms with van der Waals surface area (Å²) in [5, 5.41) is 0. The lowest BCUT2D eigenvalue weighted by Gasteiger charge is -2.39. The Hall–Kier alpha value is -1.82. The SMILES string of the molecule is CCCC(C)(N)C(=O)N1CCN(c2cc(OC)ccn2)CC1. The van der Waals surface area contributed by atoms with E-state index in [1.54, 1.807) is 13.3 Å². The number of ether oxygens (including phenoxy) is 1. The van der Waals surface area contributed by atoms with Gasteiger partial charge in [0.1, 0.15) is 11.6 Å². The van der Waals surface area contributed by atoms with E-state index in [0.29, 0.717) is 19.5 Å². The molecule has 1 aliphatic heterocycles. The van der Waals surface area contributed by atoms with Gasteiger partial charge in [-0.1, -0.05) is 13.3 Å². The van der Waals surface area contributed by atoms with Gasteiger partial charge in [0.2, 0.25) is 5.91 Å². The zero-order chi connectivity index (χ0) is 16.2. The monoisotopic (exact) mass is 306 g/mol. The first kappa shape index (κ1) is 16.5. The molecule has 22 heavy (non-hydrogen) atoms. The molecule has 1 fully saturated rings. The molecule has 2 heterocycles. The zero-order valence-corrected chi connectivity index (χ0v) is 13.7. The second kappa shape index (κ2) is 6.96. The number of methoxy groups -OCH3 is 1. The minimum Gasteiger partial charge on any atom is -0.497 e. The van der Waals surface area contributed by atoms with Crippen LogP contribution in [-0.4, -0.2) is 54.6 Å². The van der Waals surface area contributed by atoms with Crippen LogP contribution in [0.2, 0.25) is 0 Å². The fraction of sp³-hybridized carbons (Fsp3) is 0.625. The molecule has 122 valence electrons. The molecule has 0 bridgehead atoms. The highest BCUT2D eigenvalue weighted by molar-refractivity contribution is 5.85. The third kappa shape index (κ3) is 3.68. The summed E-state index contributed by atoms with van der Waals surface area (Å²) in [6.45, 7) is 6.74. The van der Waals surface area contributed by atoms with Gasteiger partial charge in [-0.2, -0.15) is 0 Å². The number of amides is 1. The maximum Gasteiger partial charge on any atom is 0.242 e. The highest BCUT2D eigenvalue weighted by Gasteiger charge is 2.33. The maximum absolute atomic E-state index is 12.5. The lowest BCUT2D eigenvalue weighted by atomic mass is 9.95. The van der Waals surface area contributed by atoms with Crippen LogP contribution < -0.4 is 15.4 Å². The van der Waals surface area contributed by atoms with Gasteiger partial charge in [0, 0.05) is 38.4 Å². The molecule has 1 aromatic heterocycles. The third-order valence-corrected chi connectivity index (χ3v) is 4.10. The minimum absolute atomic E-state index is 0.0487. The number of piperazine rings is 1. The molecule has 0 aliphatic carbocycles. The van der Waals surface area contributed by atoms with Crippen molar-refractivity contribution in [3.8, 4) is 5.75 Å². The molecule has 1 unspecified atom stereocenters. The van der Waals surface area contributed by atoms with Gasteiger partial charge >= 0.3 is 0 Å². The predicted octanol–water partition coefficient (Wildman–Crippen LogP) is 1.26. The molecular formula is C16H26N4O2. The first-order valence-corrected chi connectivity index (χ1v) is 7.81. The molecule has 1 saturated heterocycles. The second-order valence-electron chi connectivity index (χ2n) is 6.00. The van der Waals surface area contributed by atoms with Gasteiger partial charge in [-0.3, -0.25) is 4.79 Å². The van der Waals surface area contributed by atoms with Crippen LogP contribution in [0.25, 0.3) is 0 Å². The number of nitrogens with two attached hydrogens (primary N) is 1. The van der Waals surface area contributed by atoms with Crippen molar-refractivity contribution in [3.05, 3.63) is 18.3 Å². The van der Waals surface area contributed by atoms with Crippen molar-refractivity contribution in [2.45, 2.75) is 32.2 Å². The van der Waals surface area contributed by atoms with E-state index in [0.717, 1.165) is 31.1 Å². The lowest BCUT2D eigenvalue weighted by molar-refractivity contribution is -0.137. The van der Waals surface area contributed by atoms with Crippen molar-refractivity contribution in [3.63, 3.8) is 0 Å². The van der Waals surface area contributed by atoms with Gasteiger partial charge in [-0.05, 0) is 19.4 Å². The molecule has 1 amide bonds. The quantitative estimate of drug-likeness (QED) is 0.886. The average Bonchev–Trinajstić information content (AvgIpc) is 2.54. The summed E-state index contributed by atoms with van der Waals surface area (Å²) in [7, 11) is 1.64. The van der Waals surface area contributed by atoms with E-state index in [-0.39, 0.29) is 5.91 Å². The molecule has 2 rings (SSSR count). The summed E-state index contributed by atoms with van der Waals surface area (Å²) in [6.07, 6.45) is 3.36. The van der Waals surface area contributed by atoms with Gasteiger partial charge in [-0.15, -0.1) is 0 Å². The van der Waals surface area contributed by atoms with Crippen molar-refractivity contribution >= 4 is 11.7 Å². The van der Waals surface area contributed by atoms with Gasteiger partial charge in [0.25, 0.3) is 0 Å². The number of carbonyl (C=O) groups excluding carboxylic acids is 1. The Balaban J connectivity index is 1.96. The highest BCUT2D eigenvalue weighted by Crippen LogP contribution is 2.20. The summed E-state index contributed by atoms with van der Waals surface area (Å²) >= 11 is 0. The van der Waals surface area contributed by atoms with Crippen molar-refractivity contribution in [1.29, 1.82) is 0 Å². The molecule has 0 spiro atoms. The van der Waals surface area contributed by atoms with E-state index in [4.69, 9.17) is 10.5 Å². The Bertz CT molecular complexity index is 511. The van der Waals surface area contributed by atoms with E-state index >= 15 is 0 Å². The minimum atomic E-state index is -0.759. The lowest BCUT2D eigenvalue weighted by Crippen LogP contribution is -2.58. The summed E-state index contributed by atoms with van der Waals surface area (Å²) in [4.78, 5) is 20.9. The van der Waals surface area contributed by atoms with Crippen molar-refractivity contribution < 1.29 is 9.53 Å². The first-order chi connectivity index (χ1) is 10.5. The number of rotatable bonds is 5. The molecule has 1 atom stereocenters. The smallest absolute Gasteiger partial charge is 0.242 e. The van der Waals surface area contributed by atoms with Gasteiger partial charge in [0.05, 0.1) is 12.6 Å². The van der Waals surface area contributed by atoms with Crippen LogP contribution in [0.3, 0.4) is 0 Å². The van der Waals surface area contributed by atoms with Gasteiger partial charge < -0.3 is 20.3 Å². The standard InChI is InChI=1S/C16H26N4O2/c1-4-6-16(2,17)15(21)20-10-8-19(9-11-20)14-12-13(22-3)5-7-18-14/h5,7,12H,4,6,8-11,17H2,1-3H3. The van der Waals surface area contributed by atoms with Crippen LogP contribution in [0, 0.1) is 0 Å². The number of hydrogen-bond donors (Lipinski definition) is 1. The fourth-order valence-corrected chi connectivity index (χ4v) is 2.83. The van der Waals surface area contributed by atoms with Gasteiger partial charge in [-0.25, -0.2) is 4.98 Å². The Morgan fingerprint density at radius 1 is 1.41 bits per heavy atom. The normalized spacial score (nSPS) is 18.0. The van der Waals surface area contributed by atoms with Crippen LogP contribution >= 0.6 is 0 Å². The van der Waals surface area contributed by atoms with E-state index in [1.807, 2.05) is 30.9 Å². The summed E-state index contributed by atoms with van der Waals surface area (Å²) < 4.78 is 5.23. The Morgan fingerprint density at radius 2 is 2.09 bits per heavy atom. The summed E-state index contributed by atoms with van der Waals surface area (Å²) in [5.74, 6) is 1.73. The Kier molecular flexibility index (Phi) is 5.24. The largest absolute Gasteiger partial charge is 0.497 e. The van der Waals surface area contributed by atoms with E-state index in [1.165, 1.54) is 0 Å². The number of hydrogen-bond acceptors (Lipinski definition) is 5.